The minimum absolute atomic E-state index is 0. The molecule has 0 unspecified atom stereocenters. The highest BCUT2D eigenvalue weighted by Gasteiger charge is 2.70. The SMILES string of the molecule is C.C[C@@H]1O[C@@H](O[C@@H]2[C@@H](O)[C@@H](O)[C@H](O[C@H]3[C@H](O)[C@@H](O)[C@H](O[C@H]4CC[C@@]5(C)C(=CC[C@H]6[C@@H]7C[C@@H]8O[C@@]9(OC[C@H](CO)C[C@@H]9O)[C@@H](C)[C@@H]8[C@@]7(C)CC[C@@H]65)C4)O[C@@H]3CO)O[C@H]2C)[C@H](O)[C@H](O)[C@H]1O. The molecule has 9 rings (SSSR count). The highest BCUT2D eigenvalue weighted by Crippen LogP contribution is 2.70. The molecule has 0 aromatic heterocycles. The molecule has 0 amide bonds. The van der Waals surface area contributed by atoms with Crippen molar-refractivity contribution < 1.29 is 89.0 Å². The van der Waals surface area contributed by atoms with E-state index >= 15 is 0 Å². The van der Waals surface area contributed by atoms with Crippen LogP contribution in [0.25, 0.3) is 0 Å². The molecule has 368 valence electrons. The van der Waals surface area contributed by atoms with Crippen molar-refractivity contribution in [3.8, 4) is 0 Å². The predicted molar refractivity (Wildman–Crippen MR) is 222 cm³/mol. The summed E-state index contributed by atoms with van der Waals surface area (Å²) in [6, 6.07) is 0. The zero-order valence-electron chi connectivity index (χ0n) is 37.0. The first-order valence-electron chi connectivity index (χ1n) is 23.5. The minimum atomic E-state index is -1.76. The number of hydrogen-bond donors (Lipinski definition) is 10. The van der Waals surface area contributed by atoms with Crippen molar-refractivity contribution in [3.05, 3.63) is 11.6 Å². The number of fused-ring (bicyclic) bond motifs is 7. The van der Waals surface area contributed by atoms with Gasteiger partial charge in [-0.2, -0.15) is 0 Å². The van der Waals surface area contributed by atoms with Crippen LogP contribution in [0.2, 0.25) is 0 Å². The summed E-state index contributed by atoms with van der Waals surface area (Å²) in [5.74, 6) is 0.642. The maximum Gasteiger partial charge on any atom is 0.197 e. The molecule has 4 aliphatic carbocycles. The first kappa shape index (κ1) is 49.4. The van der Waals surface area contributed by atoms with Crippen molar-refractivity contribution in [1.29, 1.82) is 0 Å². The van der Waals surface area contributed by atoms with Gasteiger partial charge in [-0.3, -0.25) is 0 Å². The Labute approximate surface area is 375 Å². The zero-order chi connectivity index (χ0) is 45.1. The Morgan fingerprint density at radius 3 is 2.00 bits per heavy atom. The van der Waals surface area contributed by atoms with E-state index in [9.17, 15) is 51.1 Å². The number of allylic oxidation sites excluding steroid dienone is 1. The van der Waals surface area contributed by atoms with Crippen LogP contribution < -0.4 is 0 Å². The van der Waals surface area contributed by atoms with Crippen molar-refractivity contribution in [3.63, 3.8) is 0 Å². The summed E-state index contributed by atoms with van der Waals surface area (Å²) >= 11 is 0. The first-order chi connectivity index (χ1) is 29.9. The van der Waals surface area contributed by atoms with E-state index in [4.69, 9.17) is 37.9 Å². The molecule has 10 N–H and O–H groups in total. The molecule has 9 aliphatic rings. The van der Waals surface area contributed by atoms with Gasteiger partial charge in [-0.15, -0.1) is 0 Å². The fourth-order valence-corrected chi connectivity index (χ4v) is 14.2. The third kappa shape index (κ3) is 7.88. The standard InChI is InChI=1S/C45H72O18.CH4/c1-18-30-27(63-45(18)29(48)12-21(15-46)17-56-45)14-26-24-7-6-22-13-23(8-10-43(22,4)25(24)9-11-44(26,30)5)59-42-37(55)34(52)39(28(16-47)60-42)62-41-36(54)33(51)38(20(3)58-41)61-40-35(53)32(50)31(49)19(2)57-40;/h6,18-21,23-42,46-55H,7-17H2,1-5H3;1H4/t18-,19-,20-,21-,23-,24+,25-,26-,27-,28+,29-,30-,31-,32+,33-,34+,35+,36+,37+,38-,39+,40-,41-,42+,43-,44-,45-;/m0./s1. The van der Waals surface area contributed by atoms with Crippen LogP contribution in [0.5, 0.6) is 0 Å². The molecule has 18 heteroatoms. The predicted octanol–water partition coefficient (Wildman–Crippen LogP) is -0.179. The van der Waals surface area contributed by atoms with E-state index in [0.29, 0.717) is 43.6 Å². The minimum Gasteiger partial charge on any atom is -0.396 e. The first-order valence-corrected chi connectivity index (χ1v) is 23.5. The molecule has 5 heterocycles. The second-order valence-corrected chi connectivity index (χ2v) is 21.1. The molecule has 3 saturated carbocycles. The van der Waals surface area contributed by atoms with Crippen LogP contribution in [0.3, 0.4) is 0 Å². The van der Waals surface area contributed by atoms with Crippen molar-refractivity contribution >= 4 is 0 Å². The van der Waals surface area contributed by atoms with E-state index in [-0.39, 0.29) is 54.8 Å². The Bertz CT molecular complexity index is 1650. The summed E-state index contributed by atoms with van der Waals surface area (Å²) in [5, 5.41) is 107. The normalized spacial score (nSPS) is 57.2. The van der Waals surface area contributed by atoms with Gasteiger partial charge in [0.25, 0.3) is 0 Å². The number of rotatable bonds is 8. The second-order valence-electron chi connectivity index (χ2n) is 21.1. The van der Waals surface area contributed by atoms with E-state index in [0.717, 1.165) is 32.1 Å². The Morgan fingerprint density at radius 2 is 1.33 bits per heavy atom. The summed E-state index contributed by atoms with van der Waals surface area (Å²) in [6.07, 6.45) is -13.3. The largest absolute Gasteiger partial charge is 0.396 e. The maximum atomic E-state index is 11.4. The van der Waals surface area contributed by atoms with Gasteiger partial charge in [0, 0.05) is 18.4 Å². The van der Waals surface area contributed by atoms with Crippen LogP contribution in [-0.2, 0) is 37.9 Å². The molecule has 5 aliphatic heterocycles. The molecule has 1 spiro atoms. The molecule has 18 nitrogen and oxygen atoms in total. The van der Waals surface area contributed by atoms with E-state index in [1.165, 1.54) is 19.4 Å². The molecule has 0 aromatic rings. The van der Waals surface area contributed by atoms with E-state index in [1.54, 1.807) is 0 Å². The van der Waals surface area contributed by atoms with Gasteiger partial charge in [0.05, 0.1) is 37.6 Å². The lowest BCUT2D eigenvalue weighted by Crippen LogP contribution is -2.65. The van der Waals surface area contributed by atoms with Crippen LogP contribution in [0.1, 0.15) is 93.4 Å². The quantitative estimate of drug-likeness (QED) is 0.142. The van der Waals surface area contributed by atoms with Crippen LogP contribution in [0, 0.1) is 46.3 Å². The highest BCUT2D eigenvalue weighted by molar-refractivity contribution is 5.26. The van der Waals surface area contributed by atoms with Gasteiger partial charge in [0.15, 0.2) is 24.7 Å². The van der Waals surface area contributed by atoms with Crippen molar-refractivity contribution in [2.75, 3.05) is 19.8 Å². The number of ether oxygens (including phenoxy) is 8. The molecule has 0 bridgehead atoms. The number of aliphatic hydroxyl groups is 10. The van der Waals surface area contributed by atoms with E-state index in [2.05, 4.69) is 26.8 Å². The lowest BCUT2D eigenvalue weighted by Gasteiger charge is -2.59. The lowest BCUT2D eigenvalue weighted by molar-refractivity contribution is -0.376. The van der Waals surface area contributed by atoms with Crippen LogP contribution in [0.4, 0.5) is 0 Å². The van der Waals surface area contributed by atoms with Gasteiger partial charge in [-0.1, -0.05) is 39.8 Å². The van der Waals surface area contributed by atoms with E-state index in [1.807, 2.05) is 0 Å². The average molecular weight is 917 g/mol. The van der Waals surface area contributed by atoms with Gasteiger partial charge >= 0.3 is 0 Å². The Balaban J connectivity index is 0.00000560. The molecule has 0 aromatic carbocycles. The number of aliphatic hydroxyl groups excluding tert-OH is 10. The van der Waals surface area contributed by atoms with Gasteiger partial charge < -0.3 is 89.0 Å². The Kier molecular flexibility index (Phi) is 14.2. The number of hydrogen-bond acceptors (Lipinski definition) is 18. The smallest absolute Gasteiger partial charge is 0.197 e. The average Bonchev–Trinajstić information content (AvgIpc) is 3.72. The summed E-state index contributed by atoms with van der Waals surface area (Å²) < 4.78 is 48.6. The van der Waals surface area contributed by atoms with Crippen molar-refractivity contribution in [2.45, 2.75) is 210 Å². The van der Waals surface area contributed by atoms with Crippen molar-refractivity contribution in [1.82, 2.24) is 0 Å². The molecule has 64 heavy (non-hydrogen) atoms. The molecule has 8 fully saturated rings. The molecule has 0 radical (unpaired) electrons. The fraction of sp³-hybridized carbons (Fsp3) is 0.957. The lowest BCUT2D eigenvalue weighted by atomic mass is 9.47. The van der Waals surface area contributed by atoms with Crippen LogP contribution in [-0.4, -0.2) is 187 Å². The highest BCUT2D eigenvalue weighted by atomic mass is 16.8. The van der Waals surface area contributed by atoms with Gasteiger partial charge in [0.2, 0.25) is 0 Å². The maximum absolute atomic E-state index is 11.4. The third-order valence-electron chi connectivity index (χ3n) is 17.8. The van der Waals surface area contributed by atoms with E-state index < -0.39 is 111 Å². The Morgan fingerprint density at radius 1 is 0.688 bits per heavy atom. The Hall–Kier alpha value is -0.980. The van der Waals surface area contributed by atoms with Crippen LogP contribution >= 0.6 is 0 Å². The zero-order valence-corrected chi connectivity index (χ0v) is 37.0. The third-order valence-corrected chi connectivity index (χ3v) is 17.8. The topological polar surface area (TPSA) is 276 Å². The summed E-state index contributed by atoms with van der Waals surface area (Å²) in [6.45, 7) is 9.75. The summed E-state index contributed by atoms with van der Waals surface area (Å²) in [4.78, 5) is 0. The molecular weight excluding hydrogens is 840 g/mol. The molecule has 27 atom stereocenters. The van der Waals surface area contributed by atoms with Crippen molar-refractivity contribution in [2.24, 2.45) is 46.3 Å². The fourth-order valence-electron chi connectivity index (χ4n) is 14.2. The van der Waals surface area contributed by atoms with Gasteiger partial charge in [0.1, 0.15) is 67.1 Å². The second kappa shape index (κ2) is 18.4. The summed E-state index contributed by atoms with van der Waals surface area (Å²) in [5.41, 5.74) is 1.35. The van der Waals surface area contributed by atoms with Gasteiger partial charge in [-0.25, -0.2) is 0 Å². The summed E-state index contributed by atoms with van der Waals surface area (Å²) in [7, 11) is 0. The molecule has 5 saturated heterocycles. The van der Waals surface area contributed by atoms with Crippen LogP contribution in [0.15, 0.2) is 11.6 Å². The monoisotopic (exact) mass is 917 g/mol. The van der Waals surface area contributed by atoms with Gasteiger partial charge in [-0.05, 0) is 99.7 Å². The molecular formula is C46H76O18.